The highest BCUT2D eigenvalue weighted by Crippen LogP contribution is 2.24. The second-order valence-electron chi connectivity index (χ2n) is 4.46. The van der Waals surface area contributed by atoms with Gasteiger partial charge < -0.3 is 5.73 Å². The number of H-pyrrole nitrogens is 1. The van der Waals surface area contributed by atoms with Crippen LogP contribution in [0.5, 0.6) is 0 Å². The molecule has 0 spiro atoms. The molecule has 1 fully saturated rings. The lowest BCUT2D eigenvalue weighted by atomic mass is 9.91. The molecular formula is C10H18N4O2S. The van der Waals surface area contributed by atoms with Crippen LogP contribution in [0.1, 0.15) is 25.7 Å². The van der Waals surface area contributed by atoms with Crippen molar-refractivity contribution in [3.05, 3.63) is 12.3 Å². The van der Waals surface area contributed by atoms with Crippen LogP contribution >= 0.6 is 0 Å². The van der Waals surface area contributed by atoms with Gasteiger partial charge >= 0.3 is 0 Å². The van der Waals surface area contributed by atoms with Gasteiger partial charge in [-0.05, 0) is 18.9 Å². The van der Waals surface area contributed by atoms with Gasteiger partial charge in [0, 0.05) is 19.1 Å². The largest absolute Gasteiger partial charge is 0.326 e. The second-order valence-corrected chi connectivity index (χ2v) is 6.42. The molecule has 0 radical (unpaired) electrons. The Morgan fingerprint density at radius 3 is 2.76 bits per heavy atom. The van der Waals surface area contributed by atoms with Crippen LogP contribution in [0, 0.1) is 0 Å². The fourth-order valence-corrected chi connectivity index (χ4v) is 3.64. The first-order valence-corrected chi connectivity index (χ1v) is 7.20. The monoisotopic (exact) mass is 258 g/mol. The Balaban J connectivity index is 2.22. The molecule has 7 heteroatoms. The van der Waals surface area contributed by atoms with Gasteiger partial charge in [-0.3, -0.25) is 5.10 Å². The first kappa shape index (κ1) is 12.5. The van der Waals surface area contributed by atoms with Gasteiger partial charge in [0.25, 0.3) is 10.0 Å². The number of rotatable bonds is 3. The molecule has 17 heavy (non-hydrogen) atoms. The zero-order valence-electron chi connectivity index (χ0n) is 9.83. The van der Waals surface area contributed by atoms with E-state index in [0.717, 1.165) is 25.7 Å². The summed E-state index contributed by atoms with van der Waals surface area (Å²) < 4.78 is 25.9. The topological polar surface area (TPSA) is 92.1 Å². The van der Waals surface area contributed by atoms with Gasteiger partial charge in [0.2, 0.25) is 0 Å². The zero-order chi connectivity index (χ0) is 12.5. The summed E-state index contributed by atoms with van der Waals surface area (Å²) in [6.45, 7) is 0. The number of hydrogen-bond acceptors (Lipinski definition) is 4. The van der Waals surface area contributed by atoms with E-state index in [1.807, 2.05) is 0 Å². The maximum absolute atomic E-state index is 12.2. The molecule has 0 aliphatic heterocycles. The average molecular weight is 258 g/mol. The summed E-state index contributed by atoms with van der Waals surface area (Å²) >= 11 is 0. The number of nitrogens with two attached hydrogens (primary N) is 1. The van der Waals surface area contributed by atoms with Gasteiger partial charge in [-0.25, -0.2) is 8.42 Å². The third-order valence-corrected chi connectivity index (χ3v) is 5.19. The van der Waals surface area contributed by atoms with Crippen LogP contribution in [-0.4, -0.2) is 42.1 Å². The van der Waals surface area contributed by atoms with Crippen molar-refractivity contribution in [2.75, 3.05) is 7.05 Å². The quantitative estimate of drug-likeness (QED) is 0.815. The van der Waals surface area contributed by atoms with Gasteiger partial charge in [-0.1, -0.05) is 12.8 Å². The molecule has 0 bridgehead atoms. The Kier molecular flexibility index (Phi) is 3.50. The molecule has 96 valence electrons. The smallest absolute Gasteiger partial charge is 0.260 e. The third kappa shape index (κ3) is 2.36. The molecule has 0 saturated heterocycles. The fourth-order valence-electron chi connectivity index (χ4n) is 2.31. The minimum atomic E-state index is -3.49. The molecule has 6 nitrogen and oxygen atoms in total. The third-order valence-electron chi connectivity index (χ3n) is 3.38. The number of aromatic amines is 1. The molecule has 1 aromatic heterocycles. The van der Waals surface area contributed by atoms with Crippen molar-refractivity contribution >= 4 is 10.0 Å². The van der Waals surface area contributed by atoms with Gasteiger partial charge in [-0.15, -0.1) is 0 Å². The van der Waals surface area contributed by atoms with E-state index in [1.54, 1.807) is 7.05 Å². The average Bonchev–Trinajstić information content (AvgIpc) is 2.83. The highest BCUT2D eigenvalue weighted by molar-refractivity contribution is 7.89. The molecule has 3 N–H and O–H groups in total. The van der Waals surface area contributed by atoms with Crippen LogP contribution in [0.3, 0.4) is 0 Å². The number of sulfonamides is 1. The predicted molar refractivity (Wildman–Crippen MR) is 63.8 cm³/mol. The first-order valence-electron chi connectivity index (χ1n) is 5.76. The number of aromatic nitrogens is 2. The molecular weight excluding hydrogens is 240 g/mol. The highest BCUT2D eigenvalue weighted by atomic mass is 32.2. The van der Waals surface area contributed by atoms with E-state index in [9.17, 15) is 8.42 Å². The number of likely N-dealkylation sites (N-methyl/N-ethyl adjacent to an activating group) is 1. The van der Waals surface area contributed by atoms with Crippen molar-refractivity contribution in [3.8, 4) is 0 Å². The Bertz CT molecular complexity index is 457. The Morgan fingerprint density at radius 2 is 2.18 bits per heavy atom. The first-order chi connectivity index (χ1) is 8.03. The molecule has 0 aromatic carbocycles. The van der Waals surface area contributed by atoms with Crippen LogP contribution in [0.25, 0.3) is 0 Å². The molecule has 1 saturated carbocycles. The van der Waals surface area contributed by atoms with E-state index < -0.39 is 10.0 Å². The summed E-state index contributed by atoms with van der Waals surface area (Å²) in [5.41, 5.74) is 6.00. The molecule has 2 atom stereocenters. The Morgan fingerprint density at radius 1 is 1.47 bits per heavy atom. The van der Waals surface area contributed by atoms with E-state index in [-0.39, 0.29) is 17.1 Å². The lowest BCUT2D eigenvalue weighted by molar-refractivity contribution is 0.251. The van der Waals surface area contributed by atoms with E-state index >= 15 is 0 Å². The molecule has 2 unspecified atom stereocenters. The summed E-state index contributed by atoms with van der Waals surface area (Å²) in [6, 6.07) is 1.27. The summed E-state index contributed by atoms with van der Waals surface area (Å²) in [5.74, 6) is 0. The maximum Gasteiger partial charge on any atom is 0.260 e. The normalized spacial score (nSPS) is 26.3. The number of nitrogens with zero attached hydrogens (tertiary/aromatic N) is 2. The van der Waals surface area contributed by atoms with Crippen molar-refractivity contribution in [1.82, 2.24) is 14.5 Å². The SMILES string of the molecule is CN(C1CCCCC1N)S(=O)(=O)c1ccn[nH]1. The van der Waals surface area contributed by atoms with Gasteiger partial charge in [0.1, 0.15) is 0 Å². The van der Waals surface area contributed by atoms with E-state index in [0.29, 0.717) is 0 Å². The van der Waals surface area contributed by atoms with Crippen LogP contribution in [-0.2, 0) is 10.0 Å². The minimum absolute atomic E-state index is 0.0774. The van der Waals surface area contributed by atoms with Crippen molar-refractivity contribution in [2.24, 2.45) is 5.73 Å². The van der Waals surface area contributed by atoms with Gasteiger partial charge in [0.15, 0.2) is 5.03 Å². The van der Waals surface area contributed by atoms with Crippen LogP contribution in [0.15, 0.2) is 17.3 Å². The summed E-state index contributed by atoms with van der Waals surface area (Å²) in [6.07, 6.45) is 5.25. The van der Waals surface area contributed by atoms with Crippen LogP contribution in [0.2, 0.25) is 0 Å². The van der Waals surface area contributed by atoms with Gasteiger partial charge in [0.05, 0.1) is 6.20 Å². The van der Waals surface area contributed by atoms with Gasteiger partial charge in [-0.2, -0.15) is 9.40 Å². The van der Waals surface area contributed by atoms with Crippen LogP contribution < -0.4 is 5.73 Å². The number of nitrogens with one attached hydrogen (secondary N) is 1. The summed E-state index contributed by atoms with van der Waals surface area (Å²) in [4.78, 5) is 0. The number of hydrogen-bond donors (Lipinski definition) is 2. The minimum Gasteiger partial charge on any atom is -0.326 e. The lowest BCUT2D eigenvalue weighted by Crippen LogP contribution is -2.50. The van der Waals surface area contributed by atoms with E-state index in [4.69, 9.17) is 5.73 Å². The molecule has 2 rings (SSSR count). The highest BCUT2D eigenvalue weighted by Gasteiger charge is 2.33. The van der Waals surface area contributed by atoms with Crippen molar-refractivity contribution in [3.63, 3.8) is 0 Å². The Labute approximate surface area is 101 Å². The zero-order valence-corrected chi connectivity index (χ0v) is 10.7. The summed E-state index contributed by atoms with van der Waals surface area (Å²) in [5, 5.41) is 6.29. The van der Waals surface area contributed by atoms with Crippen LogP contribution in [0.4, 0.5) is 0 Å². The Hall–Kier alpha value is -0.920. The molecule has 1 aromatic rings. The standard InChI is InChI=1S/C10H18N4O2S/c1-14(9-5-3-2-4-8(9)11)17(15,16)10-6-7-12-13-10/h6-9H,2-5,11H2,1H3,(H,12,13). The maximum atomic E-state index is 12.2. The van der Waals surface area contributed by atoms with E-state index in [2.05, 4.69) is 10.2 Å². The molecule has 1 aliphatic carbocycles. The lowest BCUT2D eigenvalue weighted by Gasteiger charge is -2.34. The molecule has 1 heterocycles. The van der Waals surface area contributed by atoms with Crippen molar-refractivity contribution < 1.29 is 8.42 Å². The molecule has 1 aliphatic rings. The van der Waals surface area contributed by atoms with E-state index in [1.165, 1.54) is 16.6 Å². The predicted octanol–water partition coefficient (Wildman–Crippen LogP) is 0.300. The van der Waals surface area contributed by atoms with Crippen molar-refractivity contribution in [2.45, 2.75) is 42.8 Å². The fraction of sp³-hybridized carbons (Fsp3) is 0.700. The second kappa shape index (κ2) is 4.75. The molecule has 0 amide bonds. The summed E-state index contributed by atoms with van der Waals surface area (Å²) in [7, 11) is -1.90. The van der Waals surface area contributed by atoms with Crippen molar-refractivity contribution in [1.29, 1.82) is 0 Å².